The van der Waals surface area contributed by atoms with Crippen LogP contribution in [-0.4, -0.2) is 54.8 Å². The van der Waals surface area contributed by atoms with Crippen molar-refractivity contribution in [3.63, 3.8) is 0 Å². The van der Waals surface area contributed by atoms with Gasteiger partial charge in [0.15, 0.2) is 0 Å². The van der Waals surface area contributed by atoms with Crippen molar-refractivity contribution in [3.8, 4) is 11.3 Å². The highest BCUT2D eigenvalue weighted by Gasteiger charge is 2.42. The number of carboxylic acid groups (broad SMARTS) is 1. The molecule has 0 saturated carbocycles. The summed E-state index contributed by atoms with van der Waals surface area (Å²) in [4.78, 5) is 37.6. The predicted molar refractivity (Wildman–Crippen MR) is 108 cm³/mol. The summed E-state index contributed by atoms with van der Waals surface area (Å²) < 4.78 is 1.67. The van der Waals surface area contributed by atoms with E-state index in [1.54, 1.807) is 25.6 Å². The van der Waals surface area contributed by atoms with Gasteiger partial charge in [-0.3, -0.25) is 19.1 Å². The third kappa shape index (κ3) is 4.19. The Labute approximate surface area is 173 Å². The van der Waals surface area contributed by atoms with E-state index in [-0.39, 0.29) is 18.7 Å². The molecule has 0 radical (unpaired) electrons. The van der Waals surface area contributed by atoms with E-state index in [1.807, 2.05) is 36.4 Å². The van der Waals surface area contributed by atoms with Crippen molar-refractivity contribution < 1.29 is 24.6 Å². The average Bonchev–Trinajstić information content (AvgIpc) is 3.04. The van der Waals surface area contributed by atoms with E-state index in [0.29, 0.717) is 0 Å². The number of nitrogens with one attached hydrogen (secondary N) is 1. The van der Waals surface area contributed by atoms with Gasteiger partial charge in [0.1, 0.15) is 17.9 Å². The zero-order valence-corrected chi connectivity index (χ0v) is 17.0. The number of hydrogen-bond acceptors (Lipinski definition) is 5. The van der Waals surface area contributed by atoms with E-state index in [0.717, 1.165) is 17.0 Å². The Balaban J connectivity index is 1.88. The number of carbonyl (C=O) groups is 3. The lowest BCUT2D eigenvalue weighted by molar-refractivity contribution is -0.140. The number of nitrogens with zero attached hydrogens (tertiary/aromatic N) is 3. The molecule has 0 spiro atoms. The molecule has 9 nitrogen and oxygen atoms in total. The molecule has 2 heterocycles. The molecule has 0 atom stereocenters. The molecule has 1 aromatic carbocycles. The molecule has 3 rings (SSSR count). The highest BCUT2D eigenvalue weighted by molar-refractivity contribution is 6.19. The van der Waals surface area contributed by atoms with E-state index in [1.165, 1.54) is 4.90 Å². The number of carboxylic acids is 1. The molecule has 0 aliphatic carbocycles. The fourth-order valence-electron chi connectivity index (χ4n) is 3.45. The van der Waals surface area contributed by atoms with Crippen molar-refractivity contribution in [2.75, 3.05) is 6.54 Å². The monoisotopic (exact) mass is 412 g/mol. The van der Waals surface area contributed by atoms with E-state index >= 15 is 0 Å². The van der Waals surface area contributed by atoms with Gasteiger partial charge in [-0.15, -0.1) is 0 Å². The van der Waals surface area contributed by atoms with Gasteiger partial charge in [-0.1, -0.05) is 30.3 Å². The van der Waals surface area contributed by atoms with Gasteiger partial charge in [-0.2, -0.15) is 5.10 Å². The van der Waals surface area contributed by atoms with E-state index in [2.05, 4.69) is 10.4 Å². The van der Waals surface area contributed by atoms with Gasteiger partial charge in [-0.05, 0) is 19.9 Å². The molecular formula is C21H24N4O5. The first kappa shape index (κ1) is 21.1. The lowest BCUT2D eigenvalue weighted by Gasteiger charge is -2.42. The van der Waals surface area contributed by atoms with Crippen molar-refractivity contribution in [1.82, 2.24) is 20.0 Å². The Bertz CT molecular complexity index is 1020. The van der Waals surface area contributed by atoms with Gasteiger partial charge in [0.05, 0.1) is 17.9 Å². The first-order valence-electron chi connectivity index (χ1n) is 9.42. The van der Waals surface area contributed by atoms with Gasteiger partial charge < -0.3 is 20.4 Å². The first-order chi connectivity index (χ1) is 14.1. The van der Waals surface area contributed by atoms with Crippen LogP contribution in [0.4, 0.5) is 0 Å². The summed E-state index contributed by atoms with van der Waals surface area (Å²) in [7, 11) is 1.77. The van der Waals surface area contributed by atoms with Gasteiger partial charge >= 0.3 is 5.97 Å². The number of aromatic nitrogens is 2. The van der Waals surface area contributed by atoms with Crippen molar-refractivity contribution in [2.24, 2.45) is 7.05 Å². The summed E-state index contributed by atoms with van der Waals surface area (Å²) in [6.45, 7) is 3.11. The van der Waals surface area contributed by atoms with E-state index in [4.69, 9.17) is 5.11 Å². The standard InChI is InChI=1S/C21H24N4O5/c1-21(2)10-16(26)18(19(29)22-11-17(27)28)20(30)25(21)12-14-9-15(23-24(14)3)13-7-5-4-6-8-13/h4-9,26H,10-12H2,1-3H3,(H,22,29)(H,27,28). The molecule has 0 saturated heterocycles. The maximum absolute atomic E-state index is 13.1. The normalized spacial score (nSPS) is 16.0. The average molecular weight is 412 g/mol. The zero-order valence-electron chi connectivity index (χ0n) is 17.0. The molecule has 0 unspecified atom stereocenters. The minimum Gasteiger partial charge on any atom is -0.511 e. The minimum atomic E-state index is -1.24. The smallest absolute Gasteiger partial charge is 0.322 e. The second-order valence-electron chi connectivity index (χ2n) is 7.79. The summed E-state index contributed by atoms with van der Waals surface area (Å²) in [5.74, 6) is -3.16. The Hall–Kier alpha value is -3.62. The van der Waals surface area contributed by atoms with Crippen LogP contribution in [0, 0.1) is 0 Å². The molecule has 158 valence electrons. The largest absolute Gasteiger partial charge is 0.511 e. The van der Waals surface area contributed by atoms with Gasteiger partial charge in [0.2, 0.25) is 0 Å². The fraction of sp³-hybridized carbons (Fsp3) is 0.333. The summed E-state index contributed by atoms with van der Waals surface area (Å²) >= 11 is 0. The highest BCUT2D eigenvalue weighted by atomic mass is 16.4. The van der Waals surface area contributed by atoms with E-state index in [9.17, 15) is 19.5 Å². The lowest BCUT2D eigenvalue weighted by atomic mass is 9.89. The number of aliphatic hydroxyl groups excluding tert-OH is 1. The second-order valence-corrected chi connectivity index (χ2v) is 7.79. The SMILES string of the molecule is Cn1nc(-c2ccccc2)cc1CN1C(=O)C(C(=O)NCC(=O)O)=C(O)CC1(C)C. The predicted octanol–water partition coefficient (Wildman–Crippen LogP) is 1.61. The molecule has 0 bridgehead atoms. The quantitative estimate of drug-likeness (QED) is 0.619. The highest BCUT2D eigenvalue weighted by Crippen LogP contribution is 2.33. The van der Waals surface area contributed by atoms with Gasteiger partial charge in [-0.25, -0.2) is 0 Å². The van der Waals surface area contributed by atoms with Crippen molar-refractivity contribution in [3.05, 3.63) is 53.4 Å². The molecule has 30 heavy (non-hydrogen) atoms. The number of benzene rings is 1. The minimum absolute atomic E-state index is 0.0674. The van der Waals surface area contributed by atoms with Crippen molar-refractivity contribution in [2.45, 2.75) is 32.4 Å². The lowest BCUT2D eigenvalue weighted by Crippen LogP contribution is -2.53. The maximum Gasteiger partial charge on any atom is 0.322 e. The van der Waals surface area contributed by atoms with Crippen LogP contribution in [0.1, 0.15) is 26.0 Å². The molecule has 2 amide bonds. The Kier molecular flexibility index (Phi) is 5.64. The summed E-state index contributed by atoms with van der Waals surface area (Å²) in [6, 6.07) is 11.5. The van der Waals surface area contributed by atoms with Gasteiger partial charge in [0.25, 0.3) is 11.8 Å². The second kappa shape index (κ2) is 8.02. The maximum atomic E-state index is 13.1. The van der Waals surface area contributed by atoms with Crippen LogP contribution in [0.3, 0.4) is 0 Å². The van der Waals surface area contributed by atoms with Gasteiger partial charge in [0, 0.05) is 24.6 Å². The molecule has 9 heteroatoms. The fourth-order valence-corrected chi connectivity index (χ4v) is 3.45. The Morgan fingerprint density at radius 2 is 1.90 bits per heavy atom. The third-order valence-electron chi connectivity index (χ3n) is 5.07. The van der Waals surface area contributed by atoms with Crippen LogP contribution in [-0.2, 0) is 28.0 Å². The molecule has 1 aromatic heterocycles. The van der Waals surface area contributed by atoms with Crippen LogP contribution in [0.15, 0.2) is 47.7 Å². The van der Waals surface area contributed by atoms with E-state index < -0.39 is 35.4 Å². The van der Waals surface area contributed by atoms with Crippen molar-refractivity contribution in [1.29, 1.82) is 0 Å². The molecule has 3 N–H and O–H groups in total. The molecule has 1 aliphatic rings. The topological polar surface area (TPSA) is 125 Å². The third-order valence-corrected chi connectivity index (χ3v) is 5.07. The molecule has 2 aromatic rings. The molecular weight excluding hydrogens is 388 g/mol. The number of aliphatic hydroxyl groups is 1. The number of carbonyl (C=O) groups excluding carboxylic acids is 2. The van der Waals surface area contributed by atoms with Crippen LogP contribution in [0.5, 0.6) is 0 Å². The first-order valence-corrected chi connectivity index (χ1v) is 9.42. The van der Waals surface area contributed by atoms with Crippen LogP contribution in [0.2, 0.25) is 0 Å². The van der Waals surface area contributed by atoms with Crippen LogP contribution >= 0.6 is 0 Å². The zero-order chi connectivity index (χ0) is 22.1. The number of hydrogen-bond donors (Lipinski definition) is 3. The summed E-state index contributed by atoms with van der Waals surface area (Å²) in [6.07, 6.45) is 0.0674. The molecule has 1 aliphatic heterocycles. The summed E-state index contributed by atoms with van der Waals surface area (Å²) in [5.41, 5.74) is 1.26. The number of aryl methyl sites for hydroxylation is 1. The van der Waals surface area contributed by atoms with Crippen LogP contribution < -0.4 is 5.32 Å². The van der Waals surface area contributed by atoms with Crippen LogP contribution in [0.25, 0.3) is 11.3 Å². The Morgan fingerprint density at radius 3 is 2.53 bits per heavy atom. The number of aliphatic carboxylic acids is 1. The summed E-state index contributed by atoms with van der Waals surface area (Å²) in [5, 5.41) is 25.7. The number of amides is 2. The van der Waals surface area contributed by atoms with Crippen molar-refractivity contribution >= 4 is 17.8 Å². The molecule has 0 fully saturated rings. The Morgan fingerprint density at radius 1 is 1.23 bits per heavy atom. The number of rotatable bonds is 6.